The van der Waals surface area contributed by atoms with E-state index in [0.29, 0.717) is 5.69 Å². The molecule has 3 rings (SSSR count). The van der Waals surface area contributed by atoms with E-state index >= 15 is 0 Å². The molecule has 8 heteroatoms. The predicted molar refractivity (Wildman–Crippen MR) is 99.2 cm³/mol. The molecule has 0 aromatic carbocycles. The van der Waals surface area contributed by atoms with E-state index in [-0.39, 0.29) is 5.91 Å². The molecule has 1 aliphatic rings. The Morgan fingerprint density at radius 1 is 1.32 bits per heavy atom. The van der Waals surface area contributed by atoms with Gasteiger partial charge in [0.15, 0.2) is 11.5 Å². The number of carbonyl (C=O) groups excluding carboxylic acids is 1. The van der Waals surface area contributed by atoms with Crippen LogP contribution in [0, 0.1) is 6.92 Å². The third-order valence-electron chi connectivity index (χ3n) is 4.22. The minimum absolute atomic E-state index is 0.0383. The van der Waals surface area contributed by atoms with Crippen molar-refractivity contribution in [3.05, 3.63) is 33.9 Å². The molecule has 1 N–H and O–H groups in total. The predicted octanol–water partition coefficient (Wildman–Crippen LogP) is 1.36. The summed E-state index contributed by atoms with van der Waals surface area (Å²) >= 11 is 1.68. The molecule has 0 unspecified atom stereocenters. The van der Waals surface area contributed by atoms with Crippen LogP contribution in [0.2, 0.25) is 0 Å². The molecule has 3 heterocycles. The fraction of sp³-hybridized carbons (Fsp3) is 0.529. The molecule has 1 amide bonds. The third kappa shape index (κ3) is 4.73. The fourth-order valence-corrected chi connectivity index (χ4v) is 3.51. The molecule has 0 spiro atoms. The van der Waals surface area contributed by atoms with Gasteiger partial charge in [-0.1, -0.05) is 0 Å². The molecule has 2 aromatic heterocycles. The van der Waals surface area contributed by atoms with E-state index in [1.54, 1.807) is 17.4 Å². The molecule has 0 bridgehead atoms. The number of hydrogen-bond donors (Lipinski definition) is 1. The number of aromatic nitrogens is 3. The molecule has 25 heavy (non-hydrogen) atoms. The fourth-order valence-electron chi connectivity index (χ4n) is 2.75. The number of thiazole rings is 1. The number of anilines is 1. The van der Waals surface area contributed by atoms with Gasteiger partial charge in [0.05, 0.1) is 5.01 Å². The first-order valence-electron chi connectivity index (χ1n) is 8.59. The second kappa shape index (κ2) is 8.35. The van der Waals surface area contributed by atoms with Crippen LogP contribution in [0.3, 0.4) is 0 Å². The molecule has 1 saturated heterocycles. The Hall–Kier alpha value is -2.06. The van der Waals surface area contributed by atoms with Crippen molar-refractivity contribution in [2.75, 3.05) is 44.7 Å². The van der Waals surface area contributed by atoms with E-state index in [9.17, 15) is 4.79 Å². The molecular weight excluding hydrogens is 336 g/mol. The van der Waals surface area contributed by atoms with Gasteiger partial charge in [-0.15, -0.1) is 21.5 Å². The van der Waals surface area contributed by atoms with Crippen LogP contribution in [-0.4, -0.2) is 65.8 Å². The Labute approximate surface area is 152 Å². The lowest BCUT2D eigenvalue weighted by atomic mass is 10.3. The number of likely N-dealkylation sites (N-methyl/N-ethyl adjacent to an activating group) is 1. The van der Waals surface area contributed by atoms with E-state index < -0.39 is 0 Å². The molecule has 1 aliphatic heterocycles. The highest BCUT2D eigenvalue weighted by molar-refractivity contribution is 7.09. The van der Waals surface area contributed by atoms with Crippen LogP contribution in [0.4, 0.5) is 5.82 Å². The van der Waals surface area contributed by atoms with Crippen molar-refractivity contribution >= 4 is 23.1 Å². The summed E-state index contributed by atoms with van der Waals surface area (Å²) in [4.78, 5) is 20.9. The Balaban J connectivity index is 1.57. The van der Waals surface area contributed by atoms with E-state index in [0.717, 1.165) is 62.1 Å². The Morgan fingerprint density at radius 2 is 2.20 bits per heavy atom. The van der Waals surface area contributed by atoms with Crippen LogP contribution in [0.15, 0.2) is 17.5 Å². The second-order valence-electron chi connectivity index (χ2n) is 6.23. The van der Waals surface area contributed by atoms with Crippen LogP contribution in [-0.2, 0) is 6.42 Å². The largest absolute Gasteiger partial charge is 0.358 e. The lowest BCUT2D eigenvalue weighted by molar-refractivity contribution is 0.0759. The van der Waals surface area contributed by atoms with Crippen molar-refractivity contribution in [1.82, 2.24) is 25.4 Å². The first-order chi connectivity index (χ1) is 12.1. The third-order valence-corrected chi connectivity index (χ3v) is 5.24. The molecule has 0 radical (unpaired) electrons. The molecule has 1 fully saturated rings. The van der Waals surface area contributed by atoms with Crippen LogP contribution in [0.1, 0.15) is 27.6 Å². The summed E-state index contributed by atoms with van der Waals surface area (Å²) in [6.07, 6.45) is 1.84. The summed E-state index contributed by atoms with van der Waals surface area (Å²) in [7, 11) is 1.98. The summed E-state index contributed by atoms with van der Waals surface area (Å²) in [5.74, 6) is 0.728. The maximum Gasteiger partial charge on any atom is 0.274 e. The standard InChI is InChI=1S/C17H24N6OS/c1-13-12-25-16(19-13)6-10-22(2)15-5-4-14(20-21-15)17(24)23-9-3-7-18-8-11-23/h4-5,12,18H,3,6-11H2,1-2H3. The van der Waals surface area contributed by atoms with Crippen molar-refractivity contribution in [1.29, 1.82) is 0 Å². The van der Waals surface area contributed by atoms with Gasteiger partial charge in [-0.05, 0) is 32.0 Å². The van der Waals surface area contributed by atoms with Crippen LogP contribution in [0.5, 0.6) is 0 Å². The number of carbonyl (C=O) groups is 1. The number of nitrogens with one attached hydrogen (secondary N) is 1. The Bertz CT molecular complexity index is 693. The van der Waals surface area contributed by atoms with Crippen molar-refractivity contribution in [2.24, 2.45) is 0 Å². The van der Waals surface area contributed by atoms with Gasteiger partial charge < -0.3 is 15.1 Å². The molecule has 2 aromatic rings. The topological polar surface area (TPSA) is 74.2 Å². The molecule has 7 nitrogen and oxygen atoms in total. The monoisotopic (exact) mass is 360 g/mol. The number of aryl methyl sites for hydroxylation is 1. The second-order valence-corrected chi connectivity index (χ2v) is 7.17. The van der Waals surface area contributed by atoms with Crippen molar-refractivity contribution < 1.29 is 4.79 Å². The number of nitrogens with zero attached hydrogens (tertiary/aromatic N) is 5. The van der Waals surface area contributed by atoms with Crippen LogP contribution in [0.25, 0.3) is 0 Å². The molecule has 0 atom stereocenters. The highest BCUT2D eigenvalue weighted by Crippen LogP contribution is 2.13. The molecule has 134 valence electrons. The summed E-state index contributed by atoms with van der Waals surface area (Å²) in [5, 5.41) is 14.9. The van der Waals surface area contributed by atoms with Gasteiger partial charge in [0.1, 0.15) is 0 Å². The summed E-state index contributed by atoms with van der Waals surface area (Å²) in [6, 6.07) is 3.64. The normalized spacial score (nSPS) is 15.0. The minimum atomic E-state index is -0.0383. The zero-order valence-corrected chi connectivity index (χ0v) is 15.6. The van der Waals surface area contributed by atoms with Gasteiger partial charge in [-0.3, -0.25) is 4.79 Å². The number of amides is 1. The van der Waals surface area contributed by atoms with Gasteiger partial charge in [0.2, 0.25) is 0 Å². The zero-order valence-electron chi connectivity index (χ0n) is 14.7. The Morgan fingerprint density at radius 3 is 2.92 bits per heavy atom. The maximum atomic E-state index is 12.5. The smallest absolute Gasteiger partial charge is 0.274 e. The van der Waals surface area contributed by atoms with E-state index in [1.807, 2.05) is 29.8 Å². The highest BCUT2D eigenvalue weighted by atomic mass is 32.1. The zero-order chi connectivity index (χ0) is 17.6. The number of rotatable bonds is 5. The van der Waals surface area contributed by atoms with E-state index in [4.69, 9.17) is 0 Å². The first-order valence-corrected chi connectivity index (χ1v) is 9.47. The van der Waals surface area contributed by atoms with E-state index in [1.165, 1.54) is 0 Å². The summed E-state index contributed by atoms with van der Waals surface area (Å²) in [6.45, 7) is 6.09. The summed E-state index contributed by atoms with van der Waals surface area (Å²) < 4.78 is 0. The first kappa shape index (κ1) is 17.8. The van der Waals surface area contributed by atoms with Crippen molar-refractivity contribution in [3.8, 4) is 0 Å². The van der Waals surface area contributed by atoms with Gasteiger partial charge in [-0.25, -0.2) is 4.98 Å². The molecule has 0 saturated carbocycles. The van der Waals surface area contributed by atoms with Gasteiger partial charge in [0, 0.05) is 50.7 Å². The minimum Gasteiger partial charge on any atom is -0.358 e. The van der Waals surface area contributed by atoms with Crippen LogP contribution < -0.4 is 10.2 Å². The molecule has 0 aliphatic carbocycles. The van der Waals surface area contributed by atoms with Crippen molar-refractivity contribution in [2.45, 2.75) is 19.8 Å². The van der Waals surface area contributed by atoms with Crippen molar-refractivity contribution in [3.63, 3.8) is 0 Å². The quantitative estimate of drug-likeness (QED) is 0.868. The van der Waals surface area contributed by atoms with Crippen LogP contribution >= 0.6 is 11.3 Å². The highest BCUT2D eigenvalue weighted by Gasteiger charge is 2.19. The Kier molecular flexibility index (Phi) is 5.93. The average Bonchev–Trinajstić information content (AvgIpc) is 2.87. The average molecular weight is 360 g/mol. The molecular formula is C17H24N6OS. The van der Waals surface area contributed by atoms with Gasteiger partial charge >= 0.3 is 0 Å². The van der Waals surface area contributed by atoms with Gasteiger partial charge in [-0.2, -0.15) is 0 Å². The number of hydrogen-bond acceptors (Lipinski definition) is 7. The lowest BCUT2D eigenvalue weighted by Crippen LogP contribution is -2.35. The summed E-state index contributed by atoms with van der Waals surface area (Å²) in [5.41, 5.74) is 1.48. The SMILES string of the molecule is Cc1csc(CCN(C)c2ccc(C(=O)N3CCCNCC3)nn2)n1. The maximum absolute atomic E-state index is 12.5. The lowest BCUT2D eigenvalue weighted by Gasteiger charge is -2.20. The van der Waals surface area contributed by atoms with E-state index in [2.05, 4.69) is 25.9 Å². The van der Waals surface area contributed by atoms with Gasteiger partial charge in [0.25, 0.3) is 5.91 Å².